The monoisotopic (exact) mass is 256 g/mol. The Morgan fingerprint density at radius 2 is 1.88 bits per heavy atom. The van der Waals surface area contributed by atoms with Crippen LogP contribution >= 0.6 is 11.6 Å². The zero-order valence-corrected chi connectivity index (χ0v) is 11.0. The average Bonchev–Trinajstić information content (AvgIpc) is 2.26. The van der Waals surface area contributed by atoms with Gasteiger partial charge in [0.1, 0.15) is 5.75 Å². The van der Waals surface area contributed by atoms with Crippen molar-refractivity contribution in [2.45, 2.75) is 20.8 Å². The number of ether oxygens (including phenoxy) is 1. The molecule has 0 heterocycles. The van der Waals surface area contributed by atoms with Gasteiger partial charge in [-0.25, -0.2) is 4.79 Å². The summed E-state index contributed by atoms with van der Waals surface area (Å²) in [5.41, 5.74) is 1.92. The molecule has 0 fully saturated rings. The van der Waals surface area contributed by atoms with Gasteiger partial charge in [-0.15, -0.1) is 0 Å². The van der Waals surface area contributed by atoms with Crippen LogP contribution in [0.3, 0.4) is 0 Å². The van der Waals surface area contributed by atoms with Crippen LogP contribution in [0.15, 0.2) is 12.1 Å². The van der Waals surface area contributed by atoms with Gasteiger partial charge in [0, 0.05) is 11.6 Å². The molecule has 0 unspecified atom stereocenters. The second-order valence-corrected chi connectivity index (χ2v) is 4.07. The Morgan fingerprint density at radius 1 is 1.29 bits per heavy atom. The van der Waals surface area contributed by atoms with Gasteiger partial charge < -0.3 is 15.4 Å². The van der Waals surface area contributed by atoms with E-state index in [9.17, 15) is 4.79 Å². The molecular weight excluding hydrogens is 240 g/mol. The predicted molar refractivity (Wildman–Crippen MR) is 68.6 cm³/mol. The zero-order chi connectivity index (χ0) is 12.8. The fourth-order valence-electron chi connectivity index (χ4n) is 1.40. The Balaban J connectivity index is 2.50. The summed E-state index contributed by atoms with van der Waals surface area (Å²) < 4.78 is 5.41. The van der Waals surface area contributed by atoms with Crippen LogP contribution in [0.25, 0.3) is 0 Å². The van der Waals surface area contributed by atoms with E-state index in [2.05, 4.69) is 10.6 Å². The molecule has 1 aromatic carbocycles. The fourth-order valence-corrected chi connectivity index (χ4v) is 1.51. The second-order valence-electron chi connectivity index (χ2n) is 3.70. The summed E-state index contributed by atoms with van der Waals surface area (Å²) in [5, 5.41) is 5.94. The van der Waals surface area contributed by atoms with Crippen molar-refractivity contribution in [3.05, 3.63) is 28.3 Å². The first-order chi connectivity index (χ1) is 8.04. The summed E-state index contributed by atoms with van der Waals surface area (Å²) in [6.07, 6.45) is 0. The van der Waals surface area contributed by atoms with Crippen LogP contribution in [-0.2, 0) is 0 Å². The maximum Gasteiger partial charge on any atom is 0.317 e. The van der Waals surface area contributed by atoms with Gasteiger partial charge in [-0.05, 0) is 44.0 Å². The van der Waals surface area contributed by atoms with Crippen molar-refractivity contribution in [3.63, 3.8) is 0 Å². The number of amides is 2. The Bertz CT molecular complexity index is 384. The van der Waals surface area contributed by atoms with Gasteiger partial charge in [-0.1, -0.05) is 11.6 Å². The minimum absolute atomic E-state index is 0.131. The van der Waals surface area contributed by atoms with Crippen LogP contribution in [0.1, 0.15) is 18.1 Å². The number of hydrogen-bond donors (Lipinski definition) is 2. The van der Waals surface area contributed by atoms with Crippen LogP contribution in [0.4, 0.5) is 4.79 Å². The molecule has 0 atom stereocenters. The van der Waals surface area contributed by atoms with Crippen LogP contribution in [0, 0.1) is 13.8 Å². The summed E-state index contributed by atoms with van der Waals surface area (Å²) >= 11 is 6.04. The highest BCUT2D eigenvalue weighted by Gasteiger charge is 2.04. The molecule has 2 N–H and O–H groups in total. The number of halogens is 1. The Hall–Kier alpha value is -1.42. The van der Waals surface area contributed by atoms with Crippen molar-refractivity contribution in [2.75, 3.05) is 13.3 Å². The summed E-state index contributed by atoms with van der Waals surface area (Å²) in [7, 11) is 0. The van der Waals surface area contributed by atoms with E-state index in [1.807, 2.05) is 32.9 Å². The molecule has 0 aromatic heterocycles. The third kappa shape index (κ3) is 4.15. The summed E-state index contributed by atoms with van der Waals surface area (Å²) in [6.45, 7) is 6.41. The Labute approximate surface area is 106 Å². The Morgan fingerprint density at radius 3 is 2.41 bits per heavy atom. The predicted octanol–water partition coefficient (Wildman–Crippen LogP) is 2.61. The van der Waals surface area contributed by atoms with Crippen molar-refractivity contribution in [1.82, 2.24) is 10.6 Å². The lowest BCUT2D eigenvalue weighted by Crippen LogP contribution is -2.37. The first-order valence-corrected chi connectivity index (χ1v) is 5.83. The number of urea groups is 1. The van der Waals surface area contributed by atoms with E-state index in [0.717, 1.165) is 16.1 Å². The van der Waals surface area contributed by atoms with Gasteiger partial charge in [0.05, 0.1) is 0 Å². The van der Waals surface area contributed by atoms with Gasteiger partial charge in [0.2, 0.25) is 0 Å². The lowest BCUT2D eigenvalue weighted by molar-refractivity contribution is 0.224. The van der Waals surface area contributed by atoms with E-state index in [1.54, 1.807) is 0 Å². The molecule has 4 nitrogen and oxygen atoms in total. The SMILES string of the molecule is CCNC(=O)NCOc1cc(C)c(Cl)c(C)c1. The minimum Gasteiger partial charge on any atom is -0.473 e. The Kier molecular flexibility index (Phi) is 5.10. The molecule has 2 amide bonds. The van der Waals surface area contributed by atoms with Gasteiger partial charge in [-0.2, -0.15) is 0 Å². The normalized spacial score (nSPS) is 9.88. The first kappa shape index (κ1) is 13.6. The van der Waals surface area contributed by atoms with Crippen molar-refractivity contribution < 1.29 is 9.53 Å². The topological polar surface area (TPSA) is 50.4 Å². The molecule has 94 valence electrons. The molecule has 0 spiro atoms. The summed E-state index contributed by atoms with van der Waals surface area (Å²) in [5.74, 6) is 0.696. The zero-order valence-electron chi connectivity index (χ0n) is 10.3. The first-order valence-electron chi connectivity index (χ1n) is 5.45. The molecule has 0 aliphatic rings. The standard InChI is InChI=1S/C12H17ClN2O2/c1-4-14-12(16)15-7-17-10-5-8(2)11(13)9(3)6-10/h5-6H,4,7H2,1-3H3,(H2,14,15,16). The van der Waals surface area contributed by atoms with Crippen molar-refractivity contribution in [1.29, 1.82) is 0 Å². The van der Waals surface area contributed by atoms with E-state index < -0.39 is 0 Å². The molecule has 5 heteroatoms. The van der Waals surface area contributed by atoms with Crippen molar-refractivity contribution in [3.8, 4) is 5.75 Å². The van der Waals surface area contributed by atoms with Crippen LogP contribution in [-0.4, -0.2) is 19.3 Å². The minimum atomic E-state index is -0.241. The molecule has 0 aliphatic carbocycles. The second kappa shape index (κ2) is 6.35. The number of nitrogens with one attached hydrogen (secondary N) is 2. The summed E-state index contributed by atoms with van der Waals surface area (Å²) in [4.78, 5) is 11.1. The molecule has 0 radical (unpaired) electrons. The third-order valence-electron chi connectivity index (χ3n) is 2.22. The van der Waals surface area contributed by atoms with Gasteiger partial charge in [0.25, 0.3) is 0 Å². The van der Waals surface area contributed by atoms with E-state index in [1.165, 1.54) is 0 Å². The number of rotatable bonds is 4. The molecule has 0 saturated carbocycles. The maximum atomic E-state index is 11.1. The van der Waals surface area contributed by atoms with Crippen LogP contribution in [0.5, 0.6) is 5.75 Å². The lowest BCUT2D eigenvalue weighted by atomic mass is 10.1. The summed E-state index contributed by atoms with van der Waals surface area (Å²) in [6, 6.07) is 3.44. The number of aryl methyl sites for hydroxylation is 2. The van der Waals surface area contributed by atoms with Gasteiger partial charge in [-0.3, -0.25) is 0 Å². The van der Waals surface area contributed by atoms with E-state index in [4.69, 9.17) is 16.3 Å². The number of carbonyl (C=O) groups excluding carboxylic acids is 1. The highest BCUT2D eigenvalue weighted by molar-refractivity contribution is 6.32. The van der Waals surface area contributed by atoms with E-state index in [-0.39, 0.29) is 12.8 Å². The third-order valence-corrected chi connectivity index (χ3v) is 2.82. The van der Waals surface area contributed by atoms with E-state index >= 15 is 0 Å². The van der Waals surface area contributed by atoms with Crippen LogP contribution in [0.2, 0.25) is 5.02 Å². The van der Waals surface area contributed by atoms with Crippen molar-refractivity contribution in [2.24, 2.45) is 0 Å². The highest BCUT2D eigenvalue weighted by Crippen LogP contribution is 2.25. The number of carbonyl (C=O) groups is 1. The van der Waals surface area contributed by atoms with E-state index in [0.29, 0.717) is 12.3 Å². The van der Waals surface area contributed by atoms with Crippen LogP contribution < -0.4 is 15.4 Å². The molecule has 1 rings (SSSR count). The maximum absolute atomic E-state index is 11.1. The molecular formula is C12H17ClN2O2. The smallest absolute Gasteiger partial charge is 0.317 e. The van der Waals surface area contributed by atoms with Gasteiger partial charge in [0.15, 0.2) is 6.73 Å². The number of hydrogen-bond acceptors (Lipinski definition) is 2. The molecule has 1 aromatic rings. The van der Waals surface area contributed by atoms with Gasteiger partial charge >= 0.3 is 6.03 Å². The lowest BCUT2D eigenvalue weighted by Gasteiger charge is -2.11. The largest absolute Gasteiger partial charge is 0.473 e. The highest BCUT2D eigenvalue weighted by atomic mass is 35.5. The number of benzene rings is 1. The molecule has 17 heavy (non-hydrogen) atoms. The quantitative estimate of drug-likeness (QED) is 0.814. The molecule has 0 saturated heterocycles. The fraction of sp³-hybridized carbons (Fsp3) is 0.417. The molecule has 0 aliphatic heterocycles. The average molecular weight is 257 g/mol. The van der Waals surface area contributed by atoms with Crippen molar-refractivity contribution >= 4 is 17.6 Å². The molecule has 0 bridgehead atoms.